The van der Waals surface area contributed by atoms with Crippen LogP contribution >= 0.6 is 0 Å². The van der Waals surface area contributed by atoms with Crippen LogP contribution in [0.25, 0.3) is 0 Å². The number of fused-ring (bicyclic) bond motifs is 1. The molecule has 2 aliphatic rings. The van der Waals surface area contributed by atoms with E-state index in [9.17, 15) is 4.79 Å². The van der Waals surface area contributed by atoms with Gasteiger partial charge in [0.2, 0.25) is 0 Å². The highest BCUT2D eigenvalue weighted by atomic mass is 16.1. The summed E-state index contributed by atoms with van der Waals surface area (Å²) >= 11 is 0. The molecular weight excluding hydrogens is 140 g/mol. The molecule has 0 spiro atoms. The summed E-state index contributed by atoms with van der Waals surface area (Å²) < 4.78 is 0. The summed E-state index contributed by atoms with van der Waals surface area (Å²) in [4.78, 5) is 18.4. The van der Waals surface area contributed by atoms with Gasteiger partial charge in [0.1, 0.15) is 0 Å². The smallest absolute Gasteiger partial charge is 0.156 e. The minimum atomic E-state index is 0.660. The van der Waals surface area contributed by atoms with E-state index in [-0.39, 0.29) is 0 Å². The SMILES string of the molecule is O=CC1=C2CC=CN=C2N=C1. The molecule has 0 radical (unpaired) electrons. The number of hydrogen-bond donors (Lipinski definition) is 0. The second kappa shape index (κ2) is 2.27. The molecule has 0 saturated carbocycles. The third-order valence-electron chi connectivity index (χ3n) is 1.70. The van der Waals surface area contributed by atoms with Gasteiger partial charge in [-0.25, -0.2) is 9.98 Å². The van der Waals surface area contributed by atoms with Crippen LogP contribution in [0.5, 0.6) is 0 Å². The molecular formula is C8H6N2O. The van der Waals surface area contributed by atoms with Crippen LogP contribution in [0.4, 0.5) is 0 Å². The highest BCUT2D eigenvalue weighted by Crippen LogP contribution is 2.19. The van der Waals surface area contributed by atoms with E-state index in [1.54, 1.807) is 12.4 Å². The number of amidine groups is 1. The van der Waals surface area contributed by atoms with Crippen molar-refractivity contribution in [3.63, 3.8) is 0 Å². The zero-order chi connectivity index (χ0) is 7.68. The molecule has 2 heterocycles. The lowest BCUT2D eigenvalue weighted by Crippen LogP contribution is -1.99. The Morgan fingerprint density at radius 1 is 1.55 bits per heavy atom. The predicted molar refractivity (Wildman–Crippen MR) is 42.8 cm³/mol. The van der Waals surface area contributed by atoms with Gasteiger partial charge in [0.15, 0.2) is 12.1 Å². The minimum Gasteiger partial charge on any atom is -0.298 e. The van der Waals surface area contributed by atoms with Crippen molar-refractivity contribution in [2.45, 2.75) is 6.42 Å². The van der Waals surface area contributed by atoms with E-state index in [4.69, 9.17) is 0 Å². The van der Waals surface area contributed by atoms with E-state index in [0.29, 0.717) is 11.4 Å². The Kier molecular flexibility index (Phi) is 1.28. The van der Waals surface area contributed by atoms with Crippen molar-refractivity contribution >= 4 is 18.3 Å². The van der Waals surface area contributed by atoms with Crippen LogP contribution in [0.2, 0.25) is 0 Å². The molecule has 3 nitrogen and oxygen atoms in total. The lowest BCUT2D eigenvalue weighted by Gasteiger charge is -2.02. The molecule has 0 N–H and O–H groups in total. The van der Waals surface area contributed by atoms with Gasteiger partial charge < -0.3 is 0 Å². The summed E-state index contributed by atoms with van der Waals surface area (Å²) in [6.45, 7) is 0. The third kappa shape index (κ3) is 0.852. The fourth-order valence-corrected chi connectivity index (χ4v) is 1.13. The molecule has 0 aliphatic carbocycles. The van der Waals surface area contributed by atoms with E-state index in [2.05, 4.69) is 9.98 Å². The van der Waals surface area contributed by atoms with Crippen molar-refractivity contribution in [1.29, 1.82) is 0 Å². The van der Waals surface area contributed by atoms with Gasteiger partial charge in [-0.05, 0) is 6.42 Å². The van der Waals surface area contributed by atoms with Gasteiger partial charge in [0.25, 0.3) is 0 Å². The highest BCUT2D eigenvalue weighted by molar-refractivity contribution is 6.21. The lowest BCUT2D eigenvalue weighted by atomic mass is 10.1. The third-order valence-corrected chi connectivity index (χ3v) is 1.70. The van der Waals surface area contributed by atoms with Gasteiger partial charge in [-0.15, -0.1) is 0 Å². The molecule has 0 unspecified atom stereocenters. The van der Waals surface area contributed by atoms with Crippen molar-refractivity contribution in [2.24, 2.45) is 9.98 Å². The molecule has 0 fully saturated rings. The van der Waals surface area contributed by atoms with Crippen LogP contribution < -0.4 is 0 Å². The molecule has 0 amide bonds. The van der Waals surface area contributed by atoms with Crippen molar-refractivity contribution < 1.29 is 4.79 Å². The fraction of sp³-hybridized carbons (Fsp3) is 0.125. The molecule has 2 rings (SSSR count). The lowest BCUT2D eigenvalue weighted by molar-refractivity contribution is -0.104. The van der Waals surface area contributed by atoms with Crippen LogP contribution in [-0.2, 0) is 4.79 Å². The van der Waals surface area contributed by atoms with Gasteiger partial charge in [-0.2, -0.15) is 0 Å². The van der Waals surface area contributed by atoms with Crippen molar-refractivity contribution in [2.75, 3.05) is 0 Å². The Hall–Kier alpha value is -1.51. The summed E-state index contributed by atoms with van der Waals surface area (Å²) in [7, 11) is 0. The molecule has 0 aromatic rings. The second-order valence-corrected chi connectivity index (χ2v) is 2.35. The first-order valence-corrected chi connectivity index (χ1v) is 3.37. The summed E-state index contributed by atoms with van der Waals surface area (Å²) in [6.07, 6.45) is 6.78. The number of rotatable bonds is 1. The van der Waals surface area contributed by atoms with E-state index in [1.165, 1.54) is 0 Å². The predicted octanol–water partition coefficient (Wildman–Crippen LogP) is 0.882. The van der Waals surface area contributed by atoms with Gasteiger partial charge in [-0.1, -0.05) is 6.08 Å². The first kappa shape index (κ1) is 6.22. The standard InChI is InChI=1S/C8H6N2O/c11-5-6-4-10-8-7(6)2-1-3-9-8/h1,3-5H,2H2. The van der Waals surface area contributed by atoms with Crippen LogP contribution in [0.15, 0.2) is 33.4 Å². The number of allylic oxidation sites excluding steroid dienone is 2. The molecule has 54 valence electrons. The Balaban J connectivity index is 2.50. The van der Waals surface area contributed by atoms with E-state index < -0.39 is 0 Å². The number of hydrogen-bond acceptors (Lipinski definition) is 3. The van der Waals surface area contributed by atoms with Crippen LogP contribution in [0, 0.1) is 0 Å². The maximum absolute atomic E-state index is 10.4. The Labute approximate surface area is 63.9 Å². The van der Waals surface area contributed by atoms with Gasteiger partial charge in [-0.3, -0.25) is 4.79 Å². The highest BCUT2D eigenvalue weighted by Gasteiger charge is 2.16. The molecule has 0 aromatic heterocycles. The number of carbonyl (C=O) groups is 1. The Bertz CT molecular complexity index is 321. The molecule has 11 heavy (non-hydrogen) atoms. The molecule has 0 atom stereocenters. The largest absolute Gasteiger partial charge is 0.298 e. The molecule has 0 bridgehead atoms. The van der Waals surface area contributed by atoms with E-state index in [0.717, 1.165) is 18.3 Å². The average Bonchev–Trinajstić information content (AvgIpc) is 2.47. The van der Waals surface area contributed by atoms with Crippen molar-refractivity contribution in [1.82, 2.24) is 0 Å². The molecule has 3 heteroatoms. The maximum atomic E-state index is 10.4. The Morgan fingerprint density at radius 3 is 3.27 bits per heavy atom. The average molecular weight is 146 g/mol. The van der Waals surface area contributed by atoms with E-state index >= 15 is 0 Å². The normalized spacial score (nSPS) is 20.2. The van der Waals surface area contributed by atoms with E-state index in [1.807, 2.05) is 6.08 Å². The van der Waals surface area contributed by atoms with Gasteiger partial charge >= 0.3 is 0 Å². The Morgan fingerprint density at radius 2 is 2.45 bits per heavy atom. The maximum Gasteiger partial charge on any atom is 0.156 e. The van der Waals surface area contributed by atoms with Gasteiger partial charge in [0, 0.05) is 23.6 Å². The summed E-state index contributed by atoms with van der Waals surface area (Å²) in [5, 5.41) is 0. The first-order valence-electron chi connectivity index (χ1n) is 3.37. The molecule has 0 aromatic carbocycles. The second-order valence-electron chi connectivity index (χ2n) is 2.35. The summed E-state index contributed by atoms with van der Waals surface area (Å²) in [5.74, 6) is 0.689. The topological polar surface area (TPSA) is 41.8 Å². The van der Waals surface area contributed by atoms with Crippen LogP contribution in [0.3, 0.4) is 0 Å². The van der Waals surface area contributed by atoms with Crippen molar-refractivity contribution in [3.8, 4) is 0 Å². The van der Waals surface area contributed by atoms with Crippen LogP contribution in [0.1, 0.15) is 6.42 Å². The number of aliphatic imine (C=N–C) groups is 2. The number of carbonyl (C=O) groups excluding carboxylic acids is 1. The summed E-state index contributed by atoms with van der Waals surface area (Å²) in [6, 6.07) is 0. The fourth-order valence-electron chi connectivity index (χ4n) is 1.13. The molecule has 0 saturated heterocycles. The van der Waals surface area contributed by atoms with Crippen molar-refractivity contribution in [3.05, 3.63) is 23.4 Å². The first-order chi connectivity index (χ1) is 5.42. The zero-order valence-electron chi connectivity index (χ0n) is 5.82. The van der Waals surface area contributed by atoms with Gasteiger partial charge in [0.05, 0.1) is 0 Å². The molecule has 2 aliphatic heterocycles. The zero-order valence-corrected chi connectivity index (χ0v) is 5.82. The monoisotopic (exact) mass is 146 g/mol. The minimum absolute atomic E-state index is 0.660. The van der Waals surface area contributed by atoms with Crippen LogP contribution in [-0.4, -0.2) is 18.3 Å². The quantitative estimate of drug-likeness (QED) is 0.506. The summed E-state index contributed by atoms with van der Waals surface area (Å²) in [5.41, 5.74) is 1.61. The number of nitrogens with zero attached hydrogens (tertiary/aromatic N) is 2. The number of aldehydes is 1.